The molecule has 2 aromatic carbocycles. The largest absolute Gasteiger partial charge is 0.378 e. The van der Waals surface area contributed by atoms with Crippen molar-refractivity contribution in [3.8, 4) is 0 Å². The van der Waals surface area contributed by atoms with Crippen LogP contribution >= 0.6 is 0 Å². The Kier molecular flexibility index (Phi) is 3.40. The van der Waals surface area contributed by atoms with E-state index in [1.54, 1.807) is 6.07 Å². The average Bonchev–Trinajstić information content (AvgIpc) is 3.25. The third-order valence-electron chi connectivity index (χ3n) is 7.05. The average molecular weight is 348 g/mol. The van der Waals surface area contributed by atoms with E-state index >= 15 is 0 Å². The quantitative estimate of drug-likeness (QED) is 0.575. The molecular weight excluding hydrogens is 324 g/mol. The summed E-state index contributed by atoms with van der Waals surface area (Å²) in [6.45, 7) is 4.35. The molecule has 0 saturated heterocycles. The normalized spacial score (nSPS) is 31.2. The number of non-ortho nitro benzene ring substituents is 1. The number of anilines is 1. The first-order valence-electron chi connectivity index (χ1n) is 9.65. The summed E-state index contributed by atoms with van der Waals surface area (Å²) in [4.78, 5) is 11.0. The fraction of sp³-hybridized carbons (Fsp3) is 0.455. The molecule has 2 saturated carbocycles. The molecule has 0 unspecified atom stereocenters. The lowest BCUT2D eigenvalue weighted by atomic mass is 9.67. The minimum atomic E-state index is -0.265. The van der Waals surface area contributed by atoms with Crippen LogP contribution in [-0.4, -0.2) is 4.92 Å². The summed E-state index contributed by atoms with van der Waals surface area (Å²) in [6.07, 6.45) is 3.85. The number of hydrogen-bond acceptors (Lipinski definition) is 3. The molecule has 2 fully saturated rings. The Bertz CT molecular complexity index is 907. The van der Waals surface area contributed by atoms with E-state index in [0.717, 1.165) is 11.6 Å². The van der Waals surface area contributed by atoms with Crippen LogP contribution < -0.4 is 5.32 Å². The Morgan fingerprint density at radius 3 is 2.65 bits per heavy atom. The molecule has 4 nitrogen and oxygen atoms in total. The molecule has 1 aliphatic heterocycles. The molecule has 1 heterocycles. The van der Waals surface area contributed by atoms with E-state index in [4.69, 9.17) is 0 Å². The van der Waals surface area contributed by atoms with Crippen molar-refractivity contribution in [2.45, 2.75) is 45.1 Å². The van der Waals surface area contributed by atoms with Crippen LogP contribution in [0.5, 0.6) is 0 Å². The highest BCUT2D eigenvalue weighted by Gasteiger charge is 2.54. The Labute approximate surface area is 153 Å². The third-order valence-corrected chi connectivity index (χ3v) is 7.05. The Balaban J connectivity index is 1.66. The Hall–Kier alpha value is -2.36. The van der Waals surface area contributed by atoms with Gasteiger partial charge >= 0.3 is 0 Å². The van der Waals surface area contributed by atoms with Gasteiger partial charge in [0, 0.05) is 17.8 Å². The van der Waals surface area contributed by atoms with Crippen LogP contribution in [0.2, 0.25) is 0 Å². The summed E-state index contributed by atoms with van der Waals surface area (Å²) in [5.74, 6) is 2.41. The van der Waals surface area contributed by atoms with Gasteiger partial charge in [0.1, 0.15) is 0 Å². The molecule has 2 aromatic rings. The Morgan fingerprint density at radius 1 is 1.04 bits per heavy atom. The second kappa shape index (κ2) is 5.57. The van der Waals surface area contributed by atoms with E-state index < -0.39 is 0 Å². The Morgan fingerprint density at radius 2 is 1.85 bits per heavy atom. The van der Waals surface area contributed by atoms with Gasteiger partial charge in [0.05, 0.1) is 11.0 Å². The molecule has 0 amide bonds. The number of benzene rings is 2. The molecule has 1 N–H and O–H groups in total. The highest BCUT2D eigenvalue weighted by Crippen LogP contribution is 2.64. The zero-order chi connectivity index (χ0) is 18.0. The first-order chi connectivity index (χ1) is 12.5. The molecule has 2 aliphatic carbocycles. The van der Waals surface area contributed by atoms with E-state index in [-0.39, 0.29) is 10.6 Å². The van der Waals surface area contributed by atoms with Crippen molar-refractivity contribution >= 4 is 11.4 Å². The van der Waals surface area contributed by atoms with E-state index in [1.165, 1.54) is 41.5 Å². The molecule has 4 heteroatoms. The monoisotopic (exact) mass is 348 g/mol. The van der Waals surface area contributed by atoms with E-state index in [0.29, 0.717) is 23.8 Å². The van der Waals surface area contributed by atoms with E-state index in [2.05, 4.69) is 37.4 Å². The first-order valence-corrected chi connectivity index (χ1v) is 9.65. The van der Waals surface area contributed by atoms with Crippen LogP contribution in [0.25, 0.3) is 0 Å². The number of fused-ring (bicyclic) bond motifs is 7. The SMILES string of the molecule is Cc1ccc(C)c([C@@H]2Nc3ccc([N+](=O)[O-])cc3[C@H]3[C@H]4CC[C@@H](C4)[C@H]32)c1. The van der Waals surface area contributed by atoms with Crippen LogP contribution in [0.15, 0.2) is 36.4 Å². The molecule has 5 atom stereocenters. The second-order valence-corrected chi connectivity index (χ2v) is 8.45. The minimum Gasteiger partial charge on any atom is -0.378 e. The number of nitro benzene ring substituents is 1. The predicted molar refractivity (Wildman–Crippen MR) is 102 cm³/mol. The van der Waals surface area contributed by atoms with Gasteiger partial charge in [-0.2, -0.15) is 0 Å². The van der Waals surface area contributed by atoms with Crippen LogP contribution in [-0.2, 0) is 0 Å². The van der Waals surface area contributed by atoms with Gasteiger partial charge in [-0.1, -0.05) is 23.8 Å². The summed E-state index contributed by atoms with van der Waals surface area (Å²) >= 11 is 0. The standard InChI is InChI=1S/C22H24N2O2/c1-12-3-4-13(2)17(9-12)22-21-15-6-5-14(10-15)20(21)18-11-16(24(25)26)7-8-19(18)23-22/h3-4,7-9,11,14-15,20-23H,5-6,10H2,1-2H3/t14-,15-,20+,21+,22-/m0/s1. The zero-order valence-electron chi connectivity index (χ0n) is 15.2. The van der Waals surface area contributed by atoms with Crippen LogP contribution in [0, 0.1) is 41.7 Å². The van der Waals surface area contributed by atoms with Crippen molar-refractivity contribution in [2.24, 2.45) is 17.8 Å². The zero-order valence-corrected chi connectivity index (χ0v) is 15.2. The maximum Gasteiger partial charge on any atom is 0.269 e. The maximum absolute atomic E-state index is 11.3. The molecule has 0 aromatic heterocycles. The third kappa shape index (κ3) is 2.21. The van der Waals surface area contributed by atoms with Crippen molar-refractivity contribution in [2.75, 3.05) is 5.32 Å². The molecule has 2 bridgehead atoms. The molecule has 3 aliphatic rings. The molecule has 0 radical (unpaired) electrons. The van der Waals surface area contributed by atoms with Crippen LogP contribution in [0.3, 0.4) is 0 Å². The summed E-state index contributed by atoms with van der Waals surface area (Å²) in [6, 6.07) is 12.4. The van der Waals surface area contributed by atoms with Crippen molar-refractivity contribution in [3.05, 3.63) is 68.8 Å². The molecule has 26 heavy (non-hydrogen) atoms. The molecule has 134 valence electrons. The number of nitro groups is 1. The highest BCUT2D eigenvalue weighted by atomic mass is 16.6. The fourth-order valence-corrected chi connectivity index (χ4v) is 5.99. The number of aryl methyl sites for hydroxylation is 2. The first kappa shape index (κ1) is 15.9. The smallest absolute Gasteiger partial charge is 0.269 e. The van der Waals surface area contributed by atoms with Crippen molar-refractivity contribution in [1.29, 1.82) is 0 Å². The maximum atomic E-state index is 11.3. The lowest BCUT2D eigenvalue weighted by Crippen LogP contribution is -2.35. The van der Waals surface area contributed by atoms with Gasteiger partial charge in [-0.05, 0) is 79.5 Å². The van der Waals surface area contributed by atoms with Crippen LogP contribution in [0.1, 0.15) is 53.5 Å². The second-order valence-electron chi connectivity index (χ2n) is 8.45. The van der Waals surface area contributed by atoms with Gasteiger partial charge in [0.15, 0.2) is 0 Å². The van der Waals surface area contributed by atoms with E-state index in [1.807, 2.05) is 12.1 Å². The van der Waals surface area contributed by atoms with Gasteiger partial charge in [0.2, 0.25) is 0 Å². The lowest BCUT2D eigenvalue weighted by molar-refractivity contribution is -0.384. The fourth-order valence-electron chi connectivity index (χ4n) is 5.99. The summed E-state index contributed by atoms with van der Waals surface area (Å²) in [5, 5.41) is 15.1. The van der Waals surface area contributed by atoms with Gasteiger partial charge < -0.3 is 5.32 Å². The van der Waals surface area contributed by atoms with Gasteiger partial charge in [0.25, 0.3) is 5.69 Å². The molecular formula is C22H24N2O2. The van der Waals surface area contributed by atoms with Gasteiger partial charge in [-0.15, -0.1) is 0 Å². The van der Waals surface area contributed by atoms with Gasteiger partial charge in [-0.3, -0.25) is 10.1 Å². The van der Waals surface area contributed by atoms with Crippen LogP contribution in [0.4, 0.5) is 11.4 Å². The lowest BCUT2D eigenvalue weighted by Gasteiger charge is -2.44. The van der Waals surface area contributed by atoms with Crippen molar-refractivity contribution in [3.63, 3.8) is 0 Å². The summed E-state index contributed by atoms with van der Waals surface area (Å²) < 4.78 is 0. The predicted octanol–water partition coefficient (Wildman–Crippen LogP) is 5.51. The van der Waals surface area contributed by atoms with E-state index in [9.17, 15) is 10.1 Å². The number of rotatable bonds is 2. The molecule has 0 spiro atoms. The molecule has 5 rings (SSSR count). The number of nitrogens with one attached hydrogen (secondary N) is 1. The summed E-state index contributed by atoms with van der Waals surface area (Å²) in [5.41, 5.74) is 6.52. The minimum absolute atomic E-state index is 0.220. The number of hydrogen-bond donors (Lipinski definition) is 1. The summed E-state index contributed by atoms with van der Waals surface area (Å²) in [7, 11) is 0. The van der Waals surface area contributed by atoms with Crippen molar-refractivity contribution < 1.29 is 4.92 Å². The highest BCUT2D eigenvalue weighted by molar-refractivity contribution is 5.62. The number of nitrogens with zero attached hydrogens (tertiary/aromatic N) is 1. The van der Waals surface area contributed by atoms with Gasteiger partial charge in [-0.25, -0.2) is 0 Å². The topological polar surface area (TPSA) is 55.2 Å². The van der Waals surface area contributed by atoms with Crippen molar-refractivity contribution in [1.82, 2.24) is 0 Å².